The quantitative estimate of drug-likeness (QED) is 0.889. The van der Waals surface area contributed by atoms with E-state index in [4.69, 9.17) is 0 Å². The molecule has 3 nitrogen and oxygen atoms in total. The highest BCUT2D eigenvalue weighted by Crippen LogP contribution is 2.21. The van der Waals surface area contributed by atoms with E-state index in [1.165, 1.54) is 35.5 Å². The van der Waals surface area contributed by atoms with Crippen LogP contribution < -0.4 is 5.32 Å². The second kappa shape index (κ2) is 7.16. The molecule has 2 aromatic rings. The van der Waals surface area contributed by atoms with E-state index in [0.717, 1.165) is 25.6 Å². The highest BCUT2D eigenvalue weighted by molar-refractivity contribution is 7.10. The molecule has 0 saturated carbocycles. The maximum absolute atomic E-state index is 4.25. The molecule has 0 bridgehead atoms. The van der Waals surface area contributed by atoms with Gasteiger partial charge in [-0.15, -0.1) is 11.3 Å². The van der Waals surface area contributed by atoms with E-state index in [0.29, 0.717) is 0 Å². The normalized spacial score (nSPS) is 18.5. The van der Waals surface area contributed by atoms with Gasteiger partial charge in [-0.1, -0.05) is 6.07 Å². The third-order valence-corrected chi connectivity index (χ3v) is 5.15. The zero-order valence-electron chi connectivity index (χ0n) is 12.6. The highest BCUT2D eigenvalue weighted by atomic mass is 32.1. The minimum Gasteiger partial charge on any atom is -0.316 e. The molecule has 1 saturated heterocycles. The van der Waals surface area contributed by atoms with Crippen LogP contribution in [0, 0.1) is 12.8 Å². The Kier molecular flexibility index (Phi) is 5.01. The summed E-state index contributed by atoms with van der Waals surface area (Å²) < 4.78 is 0. The molecule has 21 heavy (non-hydrogen) atoms. The van der Waals surface area contributed by atoms with Gasteiger partial charge in [0.25, 0.3) is 0 Å². The van der Waals surface area contributed by atoms with Crippen LogP contribution in [0.2, 0.25) is 0 Å². The van der Waals surface area contributed by atoms with Crippen molar-refractivity contribution in [2.45, 2.75) is 26.4 Å². The fourth-order valence-corrected chi connectivity index (χ4v) is 3.89. The zero-order chi connectivity index (χ0) is 14.5. The lowest BCUT2D eigenvalue weighted by Gasteiger charge is -2.25. The van der Waals surface area contributed by atoms with E-state index in [1.807, 2.05) is 29.8 Å². The standard InChI is InChI=1S/C17H23N3S/c1-14-5-8-21-17(14)13-20(12-16-4-7-19-10-16)11-15-3-2-6-18-9-15/h2-3,5-6,8-9,16,19H,4,7,10-13H2,1H3/t16-/m0/s1. The molecule has 0 spiro atoms. The third kappa shape index (κ3) is 4.13. The summed E-state index contributed by atoms with van der Waals surface area (Å²) in [6.45, 7) is 7.75. The van der Waals surface area contributed by atoms with Gasteiger partial charge >= 0.3 is 0 Å². The predicted molar refractivity (Wildman–Crippen MR) is 88.4 cm³/mol. The Morgan fingerprint density at radius 3 is 3.00 bits per heavy atom. The number of nitrogens with zero attached hydrogens (tertiary/aromatic N) is 2. The lowest BCUT2D eigenvalue weighted by Crippen LogP contribution is -2.30. The van der Waals surface area contributed by atoms with E-state index in [2.05, 4.69) is 39.6 Å². The Morgan fingerprint density at radius 1 is 1.38 bits per heavy atom. The van der Waals surface area contributed by atoms with Crippen LogP contribution in [0.5, 0.6) is 0 Å². The first-order valence-corrected chi connectivity index (χ1v) is 8.54. The van der Waals surface area contributed by atoms with Crippen molar-refractivity contribution in [1.82, 2.24) is 15.2 Å². The lowest BCUT2D eigenvalue weighted by atomic mass is 10.1. The van der Waals surface area contributed by atoms with Gasteiger partial charge in [-0.3, -0.25) is 9.88 Å². The highest BCUT2D eigenvalue weighted by Gasteiger charge is 2.19. The molecule has 0 radical (unpaired) electrons. The Bertz CT molecular complexity index is 546. The van der Waals surface area contributed by atoms with Gasteiger partial charge in [-0.2, -0.15) is 0 Å². The van der Waals surface area contributed by atoms with Crippen molar-refractivity contribution in [3.05, 3.63) is 52.0 Å². The summed E-state index contributed by atoms with van der Waals surface area (Å²) in [5.41, 5.74) is 2.72. The van der Waals surface area contributed by atoms with Crippen molar-refractivity contribution in [2.75, 3.05) is 19.6 Å². The second-order valence-corrected chi connectivity index (χ2v) is 6.92. The van der Waals surface area contributed by atoms with Gasteiger partial charge in [-0.25, -0.2) is 0 Å². The number of pyridine rings is 1. The number of hydrogen-bond acceptors (Lipinski definition) is 4. The average molecular weight is 301 g/mol. The topological polar surface area (TPSA) is 28.2 Å². The lowest BCUT2D eigenvalue weighted by molar-refractivity contribution is 0.222. The minimum absolute atomic E-state index is 0.780. The van der Waals surface area contributed by atoms with Gasteiger partial charge in [0.1, 0.15) is 0 Å². The van der Waals surface area contributed by atoms with Gasteiger partial charge in [0, 0.05) is 36.9 Å². The molecule has 0 aromatic carbocycles. The Hall–Kier alpha value is -1.23. The van der Waals surface area contributed by atoms with Crippen molar-refractivity contribution in [1.29, 1.82) is 0 Å². The van der Waals surface area contributed by atoms with Crippen molar-refractivity contribution in [2.24, 2.45) is 5.92 Å². The maximum Gasteiger partial charge on any atom is 0.0334 e. The number of rotatable bonds is 6. The fraction of sp³-hybridized carbons (Fsp3) is 0.471. The molecule has 112 valence electrons. The summed E-state index contributed by atoms with van der Waals surface area (Å²) in [5.74, 6) is 0.780. The van der Waals surface area contributed by atoms with Crippen LogP contribution >= 0.6 is 11.3 Å². The van der Waals surface area contributed by atoms with Gasteiger partial charge in [0.2, 0.25) is 0 Å². The summed E-state index contributed by atoms with van der Waals surface area (Å²) in [5, 5.41) is 5.67. The average Bonchev–Trinajstić information content (AvgIpc) is 3.13. The van der Waals surface area contributed by atoms with Crippen LogP contribution in [0.4, 0.5) is 0 Å². The molecule has 1 aliphatic rings. The van der Waals surface area contributed by atoms with Crippen LogP contribution in [0.25, 0.3) is 0 Å². The zero-order valence-corrected chi connectivity index (χ0v) is 13.4. The fourth-order valence-electron chi connectivity index (χ4n) is 2.94. The summed E-state index contributed by atoms with van der Waals surface area (Å²) in [4.78, 5) is 8.32. The molecule has 2 aromatic heterocycles. The summed E-state index contributed by atoms with van der Waals surface area (Å²) >= 11 is 1.87. The van der Waals surface area contributed by atoms with Crippen molar-refractivity contribution in [3.8, 4) is 0 Å². The molecular formula is C17H23N3S. The first-order chi connectivity index (χ1) is 10.3. The molecule has 0 unspecified atom stereocenters. The largest absolute Gasteiger partial charge is 0.316 e. The minimum atomic E-state index is 0.780. The maximum atomic E-state index is 4.25. The predicted octanol–water partition coefficient (Wildman–Crippen LogP) is 3.06. The van der Waals surface area contributed by atoms with E-state index < -0.39 is 0 Å². The third-order valence-electron chi connectivity index (χ3n) is 4.14. The smallest absolute Gasteiger partial charge is 0.0334 e. The van der Waals surface area contributed by atoms with Gasteiger partial charge in [-0.05, 0) is 61.0 Å². The van der Waals surface area contributed by atoms with Crippen molar-refractivity contribution < 1.29 is 0 Å². The second-order valence-electron chi connectivity index (χ2n) is 5.92. The number of thiophene rings is 1. The summed E-state index contributed by atoms with van der Waals surface area (Å²) in [6, 6.07) is 6.43. The Labute approximate surface area is 131 Å². The Morgan fingerprint density at radius 2 is 2.33 bits per heavy atom. The number of nitrogens with one attached hydrogen (secondary N) is 1. The van der Waals surface area contributed by atoms with E-state index in [9.17, 15) is 0 Å². The molecule has 1 atom stereocenters. The number of hydrogen-bond donors (Lipinski definition) is 1. The van der Waals surface area contributed by atoms with E-state index >= 15 is 0 Å². The van der Waals surface area contributed by atoms with Gasteiger partial charge < -0.3 is 5.32 Å². The number of aromatic nitrogens is 1. The molecule has 3 heterocycles. The van der Waals surface area contributed by atoms with Crippen LogP contribution in [0.15, 0.2) is 36.0 Å². The molecule has 4 heteroatoms. The molecule has 0 aliphatic carbocycles. The summed E-state index contributed by atoms with van der Waals surface area (Å²) in [6.07, 6.45) is 5.13. The van der Waals surface area contributed by atoms with Gasteiger partial charge in [0.15, 0.2) is 0 Å². The van der Waals surface area contributed by atoms with Crippen LogP contribution in [-0.2, 0) is 13.1 Å². The molecule has 1 aliphatic heterocycles. The first kappa shape index (κ1) is 14.7. The van der Waals surface area contributed by atoms with Crippen LogP contribution in [-0.4, -0.2) is 29.5 Å². The Balaban J connectivity index is 1.69. The summed E-state index contributed by atoms with van der Waals surface area (Å²) in [7, 11) is 0. The van der Waals surface area contributed by atoms with Crippen LogP contribution in [0.1, 0.15) is 22.4 Å². The molecule has 3 rings (SSSR count). The molecule has 1 N–H and O–H groups in total. The van der Waals surface area contributed by atoms with E-state index in [-0.39, 0.29) is 0 Å². The van der Waals surface area contributed by atoms with E-state index in [1.54, 1.807) is 0 Å². The molecule has 0 amide bonds. The SMILES string of the molecule is Cc1ccsc1CN(Cc1cccnc1)C[C@H]1CCNC1. The number of aryl methyl sites for hydroxylation is 1. The first-order valence-electron chi connectivity index (χ1n) is 7.66. The van der Waals surface area contributed by atoms with Crippen molar-refractivity contribution >= 4 is 11.3 Å². The molecular weight excluding hydrogens is 278 g/mol. The molecule has 1 fully saturated rings. The van der Waals surface area contributed by atoms with Crippen LogP contribution in [0.3, 0.4) is 0 Å². The van der Waals surface area contributed by atoms with Gasteiger partial charge in [0.05, 0.1) is 0 Å². The van der Waals surface area contributed by atoms with Crippen molar-refractivity contribution in [3.63, 3.8) is 0 Å². The monoisotopic (exact) mass is 301 g/mol.